The Morgan fingerprint density at radius 3 is 2.64 bits per heavy atom. The lowest BCUT2D eigenvalue weighted by molar-refractivity contribution is 1.19. The molecule has 4 heterocycles. The fraction of sp³-hybridized carbons (Fsp3) is 0.0500. The molecule has 0 radical (unpaired) electrons. The molecule has 0 spiro atoms. The number of hydrogen-bond donors (Lipinski definition) is 1. The molecule has 0 amide bonds. The van der Waals surface area contributed by atoms with Crippen molar-refractivity contribution in [3.05, 3.63) is 72.8 Å². The van der Waals surface area contributed by atoms with E-state index in [-0.39, 0.29) is 0 Å². The van der Waals surface area contributed by atoms with E-state index in [4.69, 9.17) is 5.73 Å². The fourth-order valence-corrected chi connectivity index (χ4v) is 3.27. The average molecular weight is 325 g/mol. The number of aliphatic imine (C=N–C) groups is 1. The Balaban J connectivity index is 1.65. The van der Waals surface area contributed by atoms with Crippen LogP contribution in [-0.2, 0) is 6.42 Å². The van der Waals surface area contributed by atoms with Crippen molar-refractivity contribution in [3.8, 4) is 22.4 Å². The van der Waals surface area contributed by atoms with Crippen LogP contribution in [-0.4, -0.2) is 20.2 Å². The topological polar surface area (TPSA) is 68.6 Å². The van der Waals surface area contributed by atoms with E-state index in [0.29, 0.717) is 5.84 Å². The number of pyridine rings is 2. The minimum atomic E-state index is 0.678. The number of amidine groups is 1. The highest BCUT2D eigenvalue weighted by Crippen LogP contribution is 2.32. The van der Waals surface area contributed by atoms with Crippen LogP contribution in [0.2, 0.25) is 0 Å². The van der Waals surface area contributed by atoms with Gasteiger partial charge in [0.1, 0.15) is 11.5 Å². The summed E-state index contributed by atoms with van der Waals surface area (Å²) in [6.07, 6.45) is 8.33. The van der Waals surface area contributed by atoms with Crippen molar-refractivity contribution in [1.29, 1.82) is 0 Å². The summed E-state index contributed by atoms with van der Waals surface area (Å²) in [6.45, 7) is 0. The summed E-state index contributed by atoms with van der Waals surface area (Å²) in [6, 6.07) is 14.4. The molecule has 4 aromatic rings. The number of rotatable bonds is 2. The summed E-state index contributed by atoms with van der Waals surface area (Å²) < 4.78 is 2.11. The van der Waals surface area contributed by atoms with Crippen molar-refractivity contribution in [1.82, 2.24) is 14.4 Å². The molecule has 3 aromatic heterocycles. The van der Waals surface area contributed by atoms with Crippen LogP contribution in [0, 0.1) is 0 Å². The largest absolute Gasteiger partial charge is 0.387 e. The van der Waals surface area contributed by atoms with Crippen molar-refractivity contribution >= 4 is 17.2 Å². The monoisotopic (exact) mass is 325 g/mol. The zero-order valence-electron chi connectivity index (χ0n) is 13.4. The first-order valence-corrected chi connectivity index (χ1v) is 8.12. The Bertz CT molecular complexity index is 1130. The van der Waals surface area contributed by atoms with Crippen molar-refractivity contribution in [2.45, 2.75) is 6.42 Å². The highest BCUT2D eigenvalue weighted by Gasteiger charge is 2.13. The number of nitrogens with zero attached hydrogens (tertiary/aromatic N) is 4. The molecule has 0 bridgehead atoms. The molecule has 25 heavy (non-hydrogen) atoms. The third kappa shape index (κ3) is 2.29. The quantitative estimate of drug-likeness (QED) is 0.612. The van der Waals surface area contributed by atoms with Gasteiger partial charge in [0.25, 0.3) is 0 Å². The van der Waals surface area contributed by atoms with E-state index in [0.717, 1.165) is 40.1 Å². The summed E-state index contributed by atoms with van der Waals surface area (Å²) >= 11 is 0. The molecule has 5 nitrogen and oxygen atoms in total. The Morgan fingerprint density at radius 1 is 0.920 bits per heavy atom. The van der Waals surface area contributed by atoms with Crippen LogP contribution in [0.25, 0.3) is 28.0 Å². The third-order valence-corrected chi connectivity index (χ3v) is 4.54. The van der Waals surface area contributed by atoms with Gasteiger partial charge in [-0.05, 0) is 47.0 Å². The molecule has 5 rings (SSSR count). The van der Waals surface area contributed by atoms with E-state index < -0.39 is 0 Å². The van der Waals surface area contributed by atoms with Gasteiger partial charge in [-0.1, -0.05) is 12.1 Å². The SMILES string of the molecule is NC1=Nc2cc(-c3ccc4ncc(-c5ccncc5)n4c3)ccc2C1. The standard InChI is InChI=1S/C20H15N5/c21-19-10-15-2-1-14(9-17(15)24-19)16-3-4-20-23-11-18(25(20)12-16)13-5-7-22-8-6-13/h1-9,11-12H,10H2,(H2,21,24). The molecular weight excluding hydrogens is 310 g/mol. The molecular formula is C20H15N5. The molecule has 0 atom stereocenters. The number of nitrogens with two attached hydrogens (primary N) is 1. The number of hydrogen-bond acceptors (Lipinski definition) is 4. The average Bonchev–Trinajstić information content (AvgIpc) is 3.23. The summed E-state index contributed by atoms with van der Waals surface area (Å²) in [7, 11) is 0. The van der Waals surface area contributed by atoms with Crippen molar-refractivity contribution in [2.24, 2.45) is 10.7 Å². The van der Waals surface area contributed by atoms with Gasteiger partial charge in [0.2, 0.25) is 0 Å². The van der Waals surface area contributed by atoms with Crippen LogP contribution in [0.4, 0.5) is 5.69 Å². The van der Waals surface area contributed by atoms with E-state index in [1.54, 1.807) is 12.4 Å². The predicted octanol–water partition coefficient (Wildman–Crippen LogP) is 3.61. The zero-order chi connectivity index (χ0) is 16.8. The second kappa shape index (κ2) is 5.27. The second-order valence-corrected chi connectivity index (χ2v) is 6.15. The molecule has 0 saturated heterocycles. The normalized spacial score (nSPS) is 13.0. The second-order valence-electron chi connectivity index (χ2n) is 6.15. The van der Waals surface area contributed by atoms with Gasteiger partial charge < -0.3 is 5.73 Å². The third-order valence-electron chi connectivity index (χ3n) is 4.54. The van der Waals surface area contributed by atoms with Gasteiger partial charge >= 0.3 is 0 Å². The van der Waals surface area contributed by atoms with Gasteiger partial charge in [0.05, 0.1) is 17.6 Å². The van der Waals surface area contributed by atoms with Crippen LogP contribution in [0.1, 0.15) is 5.56 Å². The first kappa shape index (κ1) is 13.9. The fourth-order valence-electron chi connectivity index (χ4n) is 3.27. The zero-order valence-corrected chi connectivity index (χ0v) is 13.4. The van der Waals surface area contributed by atoms with E-state index in [1.165, 1.54) is 5.56 Å². The maximum atomic E-state index is 5.85. The molecule has 1 aliphatic heterocycles. The van der Waals surface area contributed by atoms with E-state index >= 15 is 0 Å². The van der Waals surface area contributed by atoms with E-state index in [1.807, 2.05) is 24.4 Å². The van der Waals surface area contributed by atoms with Gasteiger partial charge in [-0.2, -0.15) is 0 Å². The van der Waals surface area contributed by atoms with Gasteiger partial charge in [-0.25, -0.2) is 9.98 Å². The molecule has 1 aliphatic rings. The molecule has 0 fully saturated rings. The van der Waals surface area contributed by atoms with Crippen LogP contribution < -0.4 is 5.73 Å². The summed E-state index contributed by atoms with van der Waals surface area (Å²) in [5.74, 6) is 0.678. The van der Waals surface area contributed by atoms with Crippen molar-refractivity contribution in [2.75, 3.05) is 0 Å². The summed E-state index contributed by atoms with van der Waals surface area (Å²) in [5, 5.41) is 0. The van der Waals surface area contributed by atoms with E-state index in [2.05, 4.69) is 49.8 Å². The lowest BCUT2D eigenvalue weighted by atomic mass is 10.0. The molecule has 0 unspecified atom stereocenters. The van der Waals surface area contributed by atoms with Crippen LogP contribution in [0.15, 0.2) is 72.2 Å². The van der Waals surface area contributed by atoms with E-state index in [9.17, 15) is 0 Å². The van der Waals surface area contributed by atoms with Crippen molar-refractivity contribution < 1.29 is 0 Å². The Hall–Kier alpha value is -3.47. The van der Waals surface area contributed by atoms with Crippen LogP contribution in [0.5, 0.6) is 0 Å². The minimum Gasteiger partial charge on any atom is -0.387 e. The Kier molecular flexibility index (Phi) is 2.94. The molecule has 2 N–H and O–H groups in total. The van der Waals surface area contributed by atoms with Gasteiger partial charge in [0.15, 0.2) is 0 Å². The minimum absolute atomic E-state index is 0.678. The molecule has 0 aliphatic carbocycles. The summed E-state index contributed by atoms with van der Waals surface area (Å²) in [5.41, 5.74) is 13.3. The molecule has 120 valence electrons. The number of aromatic nitrogens is 3. The van der Waals surface area contributed by atoms with Crippen LogP contribution >= 0.6 is 0 Å². The summed E-state index contributed by atoms with van der Waals surface area (Å²) in [4.78, 5) is 13.0. The van der Waals surface area contributed by atoms with Gasteiger partial charge in [0, 0.05) is 30.6 Å². The predicted molar refractivity (Wildman–Crippen MR) is 98.8 cm³/mol. The maximum Gasteiger partial charge on any atom is 0.137 e. The molecule has 0 saturated carbocycles. The molecule has 1 aromatic carbocycles. The first-order chi connectivity index (χ1) is 12.3. The lowest BCUT2D eigenvalue weighted by Crippen LogP contribution is -2.09. The maximum absolute atomic E-state index is 5.85. The van der Waals surface area contributed by atoms with Gasteiger partial charge in [-0.15, -0.1) is 0 Å². The van der Waals surface area contributed by atoms with Crippen LogP contribution in [0.3, 0.4) is 0 Å². The molecule has 5 heteroatoms. The number of benzene rings is 1. The Morgan fingerprint density at radius 2 is 1.76 bits per heavy atom. The highest BCUT2D eigenvalue weighted by atomic mass is 15.0. The number of imidazole rings is 1. The van der Waals surface area contributed by atoms with Gasteiger partial charge in [-0.3, -0.25) is 9.38 Å². The smallest absolute Gasteiger partial charge is 0.137 e. The highest BCUT2D eigenvalue weighted by molar-refractivity contribution is 5.91. The number of fused-ring (bicyclic) bond motifs is 2. The Labute approximate surface area is 144 Å². The first-order valence-electron chi connectivity index (χ1n) is 8.12. The lowest BCUT2D eigenvalue weighted by Gasteiger charge is -2.07. The van der Waals surface area contributed by atoms with Crippen molar-refractivity contribution in [3.63, 3.8) is 0 Å².